The quantitative estimate of drug-likeness (QED) is 0.661. The van der Waals surface area contributed by atoms with Crippen LogP contribution < -0.4 is 14.8 Å². The average molecular weight is 412 g/mol. The average Bonchev–Trinajstić information content (AvgIpc) is 2.70. The fourth-order valence-corrected chi connectivity index (χ4v) is 3.17. The van der Waals surface area contributed by atoms with Gasteiger partial charge in [0.1, 0.15) is 0 Å². The molecule has 1 heterocycles. The number of sulfone groups is 1. The van der Waals surface area contributed by atoms with E-state index in [1.807, 2.05) is 19.1 Å². The van der Waals surface area contributed by atoms with Crippen molar-refractivity contribution < 1.29 is 22.7 Å². The summed E-state index contributed by atoms with van der Waals surface area (Å²) in [5, 5.41) is 2.71. The maximum absolute atomic E-state index is 12.3. The molecule has 29 heavy (non-hydrogen) atoms. The number of anilines is 1. The van der Waals surface area contributed by atoms with Crippen LogP contribution in [0.1, 0.15) is 15.9 Å². The molecule has 1 aromatic heterocycles. The van der Waals surface area contributed by atoms with Crippen LogP contribution in [0.2, 0.25) is 0 Å². The Balaban J connectivity index is 1.68. The Morgan fingerprint density at radius 1 is 1.00 bits per heavy atom. The molecule has 1 amide bonds. The Kier molecular flexibility index (Phi) is 5.84. The van der Waals surface area contributed by atoms with Crippen LogP contribution in [0.3, 0.4) is 0 Å². The van der Waals surface area contributed by atoms with Gasteiger partial charge in [-0.2, -0.15) is 0 Å². The first kappa shape index (κ1) is 20.3. The number of hydrogen-bond acceptors (Lipinski definition) is 6. The number of ether oxygens (including phenoxy) is 2. The third kappa shape index (κ3) is 5.11. The first-order valence-electron chi connectivity index (χ1n) is 8.66. The van der Waals surface area contributed by atoms with Crippen molar-refractivity contribution in [1.82, 2.24) is 4.98 Å². The van der Waals surface area contributed by atoms with Crippen molar-refractivity contribution in [2.24, 2.45) is 0 Å². The number of nitrogens with zero attached hydrogens (tertiary/aromatic N) is 1. The fourth-order valence-electron chi connectivity index (χ4n) is 2.54. The summed E-state index contributed by atoms with van der Waals surface area (Å²) >= 11 is 0. The van der Waals surface area contributed by atoms with Crippen molar-refractivity contribution in [2.45, 2.75) is 11.8 Å². The number of amides is 1. The first-order valence-corrected chi connectivity index (χ1v) is 10.6. The SMILES string of the molecule is COc1cc(C)ccc1Oc1ccc(NC(=O)c2ccc(S(C)(=O)=O)cc2)cn1. The molecular weight excluding hydrogens is 392 g/mol. The van der Waals surface area contributed by atoms with Crippen LogP contribution in [0.25, 0.3) is 0 Å². The molecule has 0 aliphatic heterocycles. The van der Waals surface area contributed by atoms with E-state index in [0.717, 1.165) is 11.8 Å². The monoisotopic (exact) mass is 412 g/mol. The molecule has 0 spiro atoms. The zero-order valence-electron chi connectivity index (χ0n) is 16.2. The number of methoxy groups -OCH3 is 1. The summed E-state index contributed by atoms with van der Waals surface area (Å²) in [4.78, 5) is 16.7. The molecule has 0 atom stereocenters. The molecule has 1 N–H and O–H groups in total. The molecule has 3 rings (SSSR count). The van der Waals surface area contributed by atoms with Gasteiger partial charge in [0.15, 0.2) is 21.3 Å². The Bertz CT molecular complexity index is 1120. The van der Waals surface area contributed by atoms with Gasteiger partial charge in [-0.15, -0.1) is 0 Å². The third-order valence-corrected chi connectivity index (χ3v) is 5.20. The molecule has 3 aromatic rings. The van der Waals surface area contributed by atoms with Gasteiger partial charge in [0.05, 0.1) is 23.9 Å². The van der Waals surface area contributed by atoms with E-state index in [4.69, 9.17) is 9.47 Å². The second kappa shape index (κ2) is 8.32. The molecule has 0 fully saturated rings. The summed E-state index contributed by atoms with van der Waals surface area (Å²) in [6.07, 6.45) is 2.59. The Labute approximate surface area is 169 Å². The van der Waals surface area contributed by atoms with E-state index >= 15 is 0 Å². The van der Waals surface area contributed by atoms with Gasteiger partial charge in [-0.1, -0.05) is 6.07 Å². The standard InChI is InChI=1S/C21H20N2O5S/c1-14-4-10-18(19(12-14)27-2)28-20-11-7-16(13-22-20)23-21(24)15-5-8-17(9-6-15)29(3,25)26/h4-13H,1-3H3,(H,23,24). The van der Waals surface area contributed by atoms with Crippen LogP contribution in [-0.4, -0.2) is 32.7 Å². The third-order valence-electron chi connectivity index (χ3n) is 4.07. The highest BCUT2D eigenvalue weighted by Crippen LogP contribution is 2.31. The zero-order chi connectivity index (χ0) is 21.0. The van der Waals surface area contributed by atoms with E-state index in [-0.39, 0.29) is 10.8 Å². The maximum atomic E-state index is 12.3. The molecule has 0 saturated heterocycles. The number of nitrogens with one attached hydrogen (secondary N) is 1. The highest BCUT2D eigenvalue weighted by Gasteiger charge is 2.11. The first-order chi connectivity index (χ1) is 13.8. The zero-order valence-corrected chi connectivity index (χ0v) is 17.0. The second-order valence-corrected chi connectivity index (χ2v) is 8.41. The van der Waals surface area contributed by atoms with Crippen molar-refractivity contribution >= 4 is 21.4 Å². The minimum atomic E-state index is -3.31. The Morgan fingerprint density at radius 3 is 2.31 bits per heavy atom. The summed E-state index contributed by atoms with van der Waals surface area (Å²) in [6.45, 7) is 1.96. The fraction of sp³-hybridized carbons (Fsp3) is 0.143. The highest BCUT2D eigenvalue weighted by atomic mass is 32.2. The van der Waals surface area contributed by atoms with Gasteiger partial charge in [0, 0.05) is 17.9 Å². The number of carbonyl (C=O) groups excluding carboxylic acids is 1. The van der Waals surface area contributed by atoms with E-state index in [1.165, 1.54) is 30.5 Å². The molecule has 2 aromatic carbocycles. The van der Waals surface area contributed by atoms with Crippen LogP contribution in [0, 0.1) is 6.92 Å². The highest BCUT2D eigenvalue weighted by molar-refractivity contribution is 7.90. The smallest absolute Gasteiger partial charge is 0.255 e. The van der Waals surface area contributed by atoms with Crippen molar-refractivity contribution in [3.63, 3.8) is 0 Å². The summed E-state index contributed by atoms with van der Waals surface area (Å²) in [6, 6.07) is 14.6. The number of pyridine rings is 1. The number of rotatable bonds is 6. The molecule has 7 nitrogen and oxygen atoms in total. The molecule has 0 saturated carbocycles. The van der Waals surface area contributed by atoms with Crippen molar-refractivity contribution in [3.05, 3.63) is 71.9 Å². The van der Waals surface area contributed by atoms with Gasteiger partial charge in [-0.3, -0.25) is 4.79 Å². The lowest BCUT2D eigenvalue weighted by Crippen LogP contribution is -2.12. The predicted molar refractivity (Wildman–Crippen MR) is 110 cm³/mol. The van der Waals surface area contributed by atoms with E-state index < -0.39 is 9.84 Å². The van der Waals surface area contributed by atoms with Crippen LogP contribution in [0.5, 0.6) is 17.4 Å². The number of aromatic nitrogens is 1. The van der Waals surface area contributed by atoms with E-state index in [0.29, 0.717) is 28.6 Å². The number of benzene rings is 2. The van der Waals surface area contributed by atoms with Crippen LogP contribution in [0.4, 0.5) is 5.69 Å². The molecule has 0 aliphatic rings. The lowest BCUT2D eigenvalue weighted by molar-refractivity contribution is 0.102. The summed E-state index contributed by atoms with van der Waals surface area (Å²) in [5.41, 5.74) is 1.86. The predicted octanol–water partition coefficient (Wildman–Crippen LogP) is 3.85. The number of hydrogen-bond donors (Lipinski definition) is 1. The van der Waals surface area contributed by atoms with Crippen molar-refractivity contribution in [3.8, 4) is 17.4 Å². The molecule has 0 unspecified atom stereocenters. The summed E-state index contributed by atoms with van der Waals surface area (Å²) < 4.78 is 34.0. The van der Waals surface area contributed by atoms with Gasteiger partial charge in [-0.05, 0) is 55.0 Å². The number of aryl methyl sites for hydroxylation is 1. The Hall–Kier alpha value is -3.39. The minimum Gasteiger partial charge on any atom is -0.493 e. The summed E-state index contributed by atoms with van der Waals surface area (Å²) in [5.74, 6) is 1.11. The molecule has 0 aliphatic carbocycles. The Morgan fingerprint density at radius 2 is 1.72 bits per heavy atom. The minimum absolute atomic E-state index is 0.156. The van der Waals surface area contributed by atoms with E-state index in [9.17, 15) is 13.2 Å². The molecule has 0 radical (unpaired) electrons. The maximum Gasteiger partial charge on any atom is 0.255 e. The van der Waals surface area contributed by atoms with E-state index in [2.05, 4.69) is 10.3 Å². The molecule has 8 heteroatoms. The van der Waals surface area contributed by atoms with Gasteiger partial charge >= 0.3 is 0 Å². The van der Waals surface area contributed by atoms with Gasteiger partial charge in [-0.25, -0.2) is 13.4 Å². The largest absolute Gasteiger partial charge is 0.493 e. The number of carbonyl (C=O) groups is 1. The van der Waals surface area contributed by atoms with Crippen LogP contribution >= 0.6 is 0 Å². The van der Waals surface area contributed by atoms with Gasteiger partial charge in [0.25, 0.3) is 5.91 Å². The van der Waals surface area contributed by atoms with E-state index in [1.54, 1.807) is 25.3 Å². The van der Waals surface area contributed by atoms with Gasteiger partial charge < -0.3 is 14.8 Å². The molecule has 0 bridgehead atoms. The van der Waals surface area contributed by atoms with Crippen molar-refractivity contribution in [2.75, 3.05) is 18.7 Å². The van der Waals surface area contributed by atoms with Crippen LogP contribution in [0.15, 0.2) is 65.7 Å². The van der Waals surface area contributed by atoms with Crippen molar-refractivity contribution in [1.29, 1.82) is 0 Å². The lowest BCUT2D eigenvalue weighted by Gasteiger charge is -2.11. The molecular formula is C21H20N2O5S. The lowest BCUT2D eigenvalue weighted by atomic mass is 10.2. The summed E-state index contributed by atoms with van der Waals surface area (Å²) in [7, 11) is -1.74. The second-order valence-electron chi connectivity index (χ2n) is 6.39. The normalized spacial score (nSPS) is 11.0. The van der Waals surface area contributed by atoms with Crippen LogP contribution in [-0.2, 0) is 9.84 Å². The van der Waals surface area contributed by atoms with Gasteiger partial charge in [0.2, 0.25) is 5.88 Å². The molecule has 150 valence electrons. The topological polar surface area (TPSA) is 94.6 Å².